The van der Waals surface area contributed by atoms with Gasteiger partial charge in [0.2, 0.25) is 0 Å². The fourth-order valence-electron chi connectivity index (χ4n) is 4.56. The molecule has 4 nitrogen and oxygen atoms in total. The molecule has 0 bridgehead atoms. The Morgan fingerprint density at radius 1 is 0.710 bits per heavy atom. The van der Waals surface area contributed by atoms with Crippen molar-refractivity contribution >= 4 is 21.8 Å². The molecule has 0 atom stereocenters. The maximum Gasteiger partial charge on any atom is 0.101 e. The molecule has 0 saturated carbocycles. The van der Waals surface area contributed by atoms with E-state index in [1.807, 2.05) is 13.8 Å². The number of nitriles is 2. The molecule has 0 fully saturated rings. The second kappa shape index (κ2) is 7.13. The van der Waals surface area contributed by atoms with Gasteiger partial charge in [-0.05, 0) is 54.8 Å². The highest BCUT2D eigenvalue weighted by Gasteiger charge is 2.18. The van der Waals surface area contributed by atoms with Crippen LogP contribution in [-0.2, 0) is 0 Å². The van der Waals surface area contributed by atoms with Crippen LogP contribution in [-0.4, -0.2) is 9.55 Å². The van der Waals surface area contributed by atoms with E-state index in [1.165, 1.54) is 23.2 Å². The van der Waals surface area contributed by atoms with Crippen LogP contribution in [0.3, 0.4) is 0 Å². The molecule has 5 aromatic rings. The Kier molecular flexibility index (Phi) is 4.28. The topological polar surface area (TPSA) is 65.4 Å². The summed E-state index contributed by atoms with van der Waals surface area (Å²) < 4.78 is 2.28. The summed E-state index contributed by atoms with van der Waals surface area (Å²) in [5.74, 6) is 0. The molecule has 31 heavy (non-hydrogen) atoms. The quantitative estimate of drug-likeness (QED) is 0.355. The third-order valence-corrected chi connectivity index (χ3v) is 5.79. The van der Waals surface area contributed by atoms with Gasteiger partial charge in [0.15, 0.2) is 0 Å². The number of aryl methyl sites for hydroxylation is 2. The van der Waals surface area contributed by atoms with Crippen LogP contribution in [0.4, 0.5) is 0 Å². The normalized spacial score (nSPS) is 10.8. The molecule has 0 aliphatic rings. The summed E-state index contributed by atoms with van der Waals surface area (Å²) in [6.07, 6.45) is 3.05. The lowest BCUT2D eigenvalue weighted by Crippen LogP contribution is -2.00. The van der Waals surface area contributed by atoms with Crippen LogP contribution in [0.5, 0.6) is 0 Å². The molecule has 4 heteroatoms. The minimum Gasteiger partial charge on any atom is -0.309 e. The van der Waals surface area contributed by atoms with E-state index < -0.39 is 0 Å². The van der Waals surface area contributed by atoms with Crippen LogP contribution >= 0.6 is 0 Å². The molecular weight excluding hydrogens is 380 g/mol. The molecule has 3 aromatic carbocycles. The van der Waals surface area contributed by atoms with Crippen molar-refractivity contribution in [1.29, 1.82) is 10.5 Å². The zero-order valence-electron chi connectivity index (χ0n) is 17.2. The van der Waals surface area contributed by atoms with Crippen molar-refractivity contribution < 1.29 is 0 Å². The van der Waals surface area contributed by atoms with Crippen LogP contribution < -0.4 is 0 Å². The molecule has 5 rings (SSSR count). The highest BCUT2D eigenvalue weighted by Crippen LogP contribution is 2.37. The maximum atomic E-state index is 9.62. The summed E-state index contributed by atoms with van der Waals surface area (Å²) >= 11 is 0. The van der Waals surface area contributed by atoms with Gasteiger partial charge in [-0.25, -0.2) is 0 Å². The van der Waals surface area contributed by atoms with Gasteiger partial charge in [-0.1, -0.05) is 36.4 Å². The zero-order chi connectivity index (χ0) is 21.5. The van der Waals surface area contributed by atoms with Crippen molar-refractivity contribution in [2.75, 3.05) is 0 Å². The second-order valence-corrected chi connectivity index (χ2v) is 7.66. The molecule has 0 aliphatic carbocycles. The standard InChI is InChI=1S/C27H18N4/c1-17-11-21(12-18(2)26(17)27-19(13-28)15-30-16-20(27)14-29)31-24-9-5-3-7-22(24)23-8-4-6-10-25(23)31/h3-12,15-16H,1-2H3. The predicted octanol–water partition coefficient (Wildman–Crippen LogP) is 6.21. The van der Waals surface area contributed by atoms with Gasteiger partial charge in [0, 0.05) is 34.4 Å². The van der Waals surface area contributed by atoms with Crippen LogP contribution in [0.25, 0.3) is 38.6 Å². The largest absolute Gasteiger partial charge is 0.309 e. The first-order valence-electron chi connectivity index (χ1n) is 10.0. The Hall–Kier alpha value is -4.41. The second-order valence-electron chi connectivity index (χ2n) is 7.66. The van der Waals surface area contributed by atoms with Gasteiger partial charge in [-0.15, -0.1) is 0 Å². The first-order valence-corrected chi connectivity index (χ1v) is 10.0. The van der Waals surface area contributed by atoms with Gasteiger partial charge in [0.1, 0.15) is 12.1 Å². The van der Waals surface area contributed by atoms with Crippen LogP contribution in [0.2, 0.25) is 0 Å². The lowest BCUT2D eigenvalue weighted by atomic mass is 9.90. The Balaban J connectivity index is 1.82. The number of pyridine rings is 1. The number of fused-ring (bicyclic) bond motifs is 3. The molecular formula is C27H18N4. The predicted molar refractivity (Wildman–Crippen MR) is 123 cm³/mol. The maximum absolute atomic E-state index is 9.62. The number of benzene rings is 3. The summed E-state index contributed by atoms with van der Waals surface area (Å²) in [6, 6.07) is 25.5. The molecule has 0 amide bonds. The minimum absolute atomic E-state index is 0.412. The Morgan fingerprint density at radius 3 is 1.68 bits per heavy atom. The summed E-state index contributed by atoms with van der Waals surface area (Å²) in [4.78, 5) is 4.05. The average Bonchev–Trinajstić information content (AvgIpc) is 3.13. The Labute approximate surface area is 180 Å². The summed E-state index contributed by atoms with van der Waals surface area (Å²) in [6.45, 7) is 4.06. The number of rotatable bonds is 2. The first kappa shape index (κ1) is 18.6. The van der Waals surface area contributed by atoms with Gasteiger partial charge in [0.05, 0.1) is 22.2 Å². The van der Waals surface area contributed by atoms with Gasteiger partial charge >= 0.3 is 0 Å². The van der Waals surface area contributed by atoms with Crippen molar-refractivity contribution in [3.8, 4) is 29.0 Å². The third-order valence-electron chi connectivity index (χ3n) is 5.79. The fraction of sp³-hybridized carbons (Fsp3) is 0.0741. The number of hydrogen-bond acceptors (Lipinski definition) is 3. The van der Waals surface area contributed by atoms with Gasteiger partial charge in [-0.3, -0.25) is 4.98 Å². The van der Waals surface area contributed by atoms with Crippen molar-refractivity contribution in [2.45, 2.75) is 13.8 Å². The zero-order valence-corrected chi connectivity index (χ0v) is 17.2. The van der Waals surface area contributed by atoms with E-state index in [2.05, 4.69) is 82.4 Å². The average molecular weight is 398 g/mol. The number of hydrogen-bond donors (Lipinski definition) is 0. The summed E-state index contributed by atoms with van der Waals surface area (Å²) in [5, 5.41) is 21.7. The SMILES string of the molecule is Cc1cc(-n2c3ccccc3c3ccccc32)cc(C)c1-c1c(C#N)cncc1C#N. The molecule has 0 unspecified atom stereocenters. The van der Waals surface area contributed by atoms with Crippen molar-refractivity contribution in [2.24, 2.45) is 0 Å². The summed E-state index contributed by atoms with van der Waals surface area (Å²) in [5.41, 5.74) is 7.77. The molecule has 2 aromatic heterocycles. The summed E-state index contributed by atoms with van der Waals surface area (Å²) in [7, 11) is 0. The van der Waals surface area contributed by atoms with Crippen molar-refractivity contribution in [1.82, 2.24) is 9.55 Å². The van der Waals surface area contributed by atoms with Crippen molar-refractivity contribution in [3.63, 3.8) is 0 Å². The van der Waals surface area contributed by atoms with E-state index in [0.29, 0.717) is 16.7 Å². The fourth-order valence-corrected chi connectivity index (χ4v) is 4.56. The van der Waals surface area contributed by atoms with E-state index in [4.69, 9.17) is 0 Å². The molecule has 0 spiro atoms. The van der Waals surface area contributed by atoms with Gasteiger partial charge in [-0.2, -0.15) is 10.5 Å². The molecule has 0 radical (unpaired) electrons. The van der Waals surface area contributed by atoms with E-state index in [9.17, 15) is 10.5 Å². The van der Waals surface area contributed by atoms with Crippen LogP contribution in [0, 0.1) is 36.5 Å². The van der Waals surface area contributed by atoms with Gasteiger partial charge in [0.25, 0.3) is 0 Å². The smallest absolute Gasteiger partial charge is 0.101 e. The van der Waals surface area contributed by atoms with Crippen molar-refractivity contribution in [3.05, 3.63) is 95.3 Å². The minimum atomic E-state index is 0.412. The van der Waals surface area contributed by atoms with E-state index in [-0.39, 0.29) is 0 Å². The highest BCUT2D eigenvalue weighted by molar-refractivity contribution is 6.09. The van der Waals surface area contributed by atoms with E-state index in [0.717, 1.165) is 33.4 Å². The molecule has 0 N–H and O–H groups in total. The molecule has 0 saturated heterocycles. The number of para-hydroxylation sites is 2. The molecule has 0 aliphatic heterocycles. The lowest BCUT2D eigenvalue weighted by molar-refractivity contribution is 1.16. The van der Waals surface area contributed by atoms with Gasteiger partial charge < -0.3 is 4.57 Å². The lowest BCUT2D eigenvalue weighted by Gasteiger charge is -2.17. The first-order chi connectivity index (χ1) is 15.1. The number of aromatic nitrogens is 2. The highest BCUT2D eigenvalue weighted by atomic mass is 15.0. The van der Waals surface area contributed by atoms with Crippen LogP contribution in [0.1, 0.15) is 22.3 Å². The van der Waals surface area contributed by atoms with E-state index in [1.54, 1.807) is 0 Å². The molecule has 2 heterocycles. The monoisotopic (exact) mass is 398 g/mol. The molecule has 146 valence electrons. The Bertz CT molecular complexity index is 1470. The van der Waals surface area contributed by atoms with Crippen LogP contribution in [0.15, 0.2) is 73.1 Å². The third kappa shape index (κ3) is 2.78. The van der Waals surface area contributed by atoms with E-state index >= 15 is 0 Å². The number of nitrogens with zero attached hydrogens (tertiary/aromatic N) is 4. The Morgan fingerprint density at radius 2 is 1.19 bits per heavy atom.